The van der Waals surface area contributed by atoms with E-state index in [2.05, 4.69) is 15.0 Å². The van der Waals surface area contributed by atoms with Gasteiger partial charge in [0, 0.05) is 12.1 Å². The molecule has 1 heterocycles. The van der Waals surface area contributed by atoms with Gasteiger partial charge in [-0.15, -0.1) is 0 Å². The highest BCUT2D eigenvalue weighted by Crippen LogP contribution is 2.26. The van der Waals surface area contributed by atoms with Crippen LogP contribution >= 0.6 is 23.4 Å². The predicted molar refractivity (Wildman–Crippen MR) is 115 cm³/mol. The van der Waals surface area contributed by atoms with E-state index in [9.17, 15) is 18.4 Å². The van der Waals surface area contributed by atoms with Crippen molar-refractivity contribution < 1.29 is 23.0 Å². The number of halogens is 3. The van der Waals surface area contributed by atoms with Gasteiger partial charge in [-0.25, -0.2) is 4.98 Å². The van der Waals surface area contributed by atoms with Crippen molar-refractivity contribution in [2.75, 3.05) is 24.8 Å². The van der Waals surface area contributed by atoms with Crippen LogP contribution in [0.25, 0.3) is 10.9 Å². The number of fused-ring (bicyclic) bond motifs is 1. The number of carbonyl (C=O) groups excluding carboxylic acids is 1. The number of alkyl halides is 2. The van der Waals surface area contributed by atoms with Crippen LogP contribution in [-0.2, 0) is 16.1 Å². The van der Waals surface area contributed by atoms with Gasteiger partial charge in [0.05, 0.1) is 35.5 Å². The average Bonchev–Trinajstić information content (AvgIpc) is 2.72. The highest BCUT2D eigenvalue weighted by atomic mass is 35.5. The molecule has 0 saturated heterocycles. The van der Waals surface area contributed by atoms with Gasteiger partial charge < -0.3 is 14.8 Å². The first kappa shape index (κ1) is 23.0. The van der Waals surface area contributed by atoms with E-state index in [4.69, 9.17) is 16.3 Å². The molecule has 0 atom stereocenters. The number of nitrogens with zero attached hydrogens (tertiary/aromatic N) is 2. The van der Waals surface area contributed by atoms with Gasteiger partial charge in [0.25, 0.3) is 5.56 Å². The summed E-state index contributed by atoms with van der Waals surface area (Å²) in [5.74, 6) is -0.741. The molecule has 31 heavy (non-hydrogen) atoms. The number of thioether (sulfide) groups is 1. The molecule has 1 aromatic heterocycles. The van der Waals surface area contributed by atoms with Gasteiger partial charge in [-0.3, -0.25) is 14.2 Å². The molecule has 3 aromatic rings. The van der Waals surface area contributed by atoms with Gasteiger partial charge in [0.15, 0.2) is 5.16 Å². The molecule has 0 saturated carbocycles. The number of aromatic nitrogens is 2. The maximum Gasteiger partial charge on any atom is 0.387 e. The van der Waals surface area contributed by atoms with Crippen molar-refractivity contribution in [3.8, 4) is 5.75 Å². The molecule has 0 aliphatic rings. The van der Waals surface area contributed by atoms with Gasteiger partial charge in [-0.05, 0) is 30.3 Å². The van der Waals surface area contributed by atoms with Crippen LogP contribution in [0.1, 0.15) is 0 Å². The van der Waals surface area contributed by atoms with Crippen LogP contribution in [0.4, 0.5) is 14.5 Å². The van der Waals surface area contributed by atoms with Crippen LogP contribution < -0.4 is 15.6 Å². The zero-order valence-corrected chi connectivity index (χ0v) is 17.9. The summed E-state index contributed by atoms with van der Waals surface area (Å²) >= 11 is 7.04. The van der Waals surface area contributed by atoms with Crippen LogP contribution in [-0.4, -0.2) is 41.5 Å². The molecule has 11 heteroatoms. The lowest BCUT2D eigenvalue weighted by atomic mass is 10.2. The number of rotatable bonds is 9. The van der Waals surface area contributed by atoms with Crippen LogP contribution in [0.15, 0.2) is 52.4 Å². The van der Waals surface area contributed by atoms with E-state index in [1.807, 2.05) is 0 Å². The van der Waals surface area contributed by atoms with Crippen molar-refractivity contribution in [3.05, 3.63) is 57.8 Å². The molecule has 3 rings (SSSR count). The first-order valence-electron chi connectivity index (χ1n) is 9.04. The number of ether oxygens (including phenoxy) is 2. The number of carbonyl (C=O) groups is 1. The van der Waals surface area contributed by atoms with E-state index in [0.29, 0.717) is 21.1 Å². The Balaban J connectivity index is 1.81. The summed E-state index contributed by atoms with van der Waals surface area (Å²) in [6.45, 7) is -2.49. The molecule has 0 aliphatic carbocycles. The van der Waals surface area contributed by atoms with Gasteiger partial charge in [-0.1, -0.05) is 35.5 Å². The molecule has 0 fully saturated rings. The third-order valence-corrected chi connectivity index (χ3v) is 5.32. The lowest BCUT2D eigenvalue weighted by Gasteiger charge is -2.14. The molecule has 2 aromatic carbocycles. The lowest BCUT2D eigenvalue weighted by Crippen LogP contribution is -2.26. The summed E-state index contributed by atoms with van der Waals surface area (Å²) in [6.07, 6.45) is 0. The first-order chi connectivity index (χ1) is 14.9. The van der Waals surface area contributed by atoms with Crippen molar-refractivity contribution in [2.45, 2.75) is 18.3 Å². The topological polar surface area (TPSA) is 82.4 Å². The number of para-hydroxylation sites is 2. The Labute approximate surface area is 185 Å². The second-order valence-corrected chi connectivity index (χ2v) is 7.60. The van der Waals surface area contributed by atoms with Crippen LogP contribution in [0, 0.1) is 0 Å². The normalized spacial score (nSPS) is 11.1. The van der Waals surface area contributed by atoms with Crippen LogP contribution in [0.3, 0.4) is 0 Å². The minimum absolute atomic E-state index is 0.114. The van der Waals surface area contributed by atoms with Crippen molar-refractivity contribution in [3.63, 3.8) is 0 Å². The standard InChI is InChI=1S/C20H18ClF2N3O4S/c1-29-9-8-26-18(28)13-7-6-12(21)10-15(13)25-20(26)31-11-17(27)24-14-4-2-3-5-16(14)30-19(22)23/h2-7,10,19H,8-9,11H2,1H3,(H,24,27). The zero-order valence-electron chi connectivity index (χ0n) is 16.3. The number of methoxy groups -OCH3 is 1. The summed E-state index contributed by atoms with van der Waals surface area (Å²) in [5, 5.41) is 3.66. The fraction of sp³-hybridized carbons (Fsp3) is 0.250. The molecule has 0 spiro atoms. The number of anilines is 1. The summed E-state index contributed by atoms with van der Waals surface area (Å²) in [6, 6.07) is 10.6. The number of hydrogen-bond acceptors (Lipinski definition) is 6. The third kappa shape index (κ3) is 5.93. The Morgan fingerprint density at radius 3 is 2.81 bits per heavy atom. The number of nitrogens with one attached hydrogen (secondary N) is 1. The summed E-state index contributed by atoms with van der Waals surface area (Å²) in [4.78, 5) is 29.8. The molecular formula is C20H18ClF2N3O4S. The number of amides is 1. The van der Waals surface area contributed by atoms with E-state index >= 15 is 0 Å². The van der Waals surface area contributed by atoms with Gasteiger partial charge in [0.2, 0.25) is 5.91 Å². The maximum absolute atomic E-state index is 12.9. The van der Waals surface area contributed by atoms with Crippen molar-refractivity contribution in [1.29, 1.82) is 0 Å². The maximum atomic E-state index is 12.9. The van der Waals surface area contributed by atoms with Crippen LogP contribution in [0.2, 0.25) is 5.02 Å². The first-order valence-corrected chi connectivity index (χ1v) is 10.4. The number of hydrogen-bond donors (Lipinski definition) is 1. The van der Waals surface area contributed by atoms with Crippen molar-refractivity contribution in [1.82, 2.24) is 9.55 Å². The average molecular weight is 470 g/mol. The SMILES string of the molecule is COCCn1c(SCC(=O)Nc2ccccc2OC(F)F)nc2cc(Cl)ccc2c1=O. The molecule has 0 bridgehead atoms. The highest BCUT2D eigenvalue weighted by Gasteiger charge is 2.15. The van der Waals surface area contributed by atoms with Crippen molar-refractivity contribution >= 4 is 45.9 Å². The Hall–Kier alpha value is -2.69. The lowest BCUT2D eigenvalue weighted by molar-refractivity contribution is -0.113. The molecule has 0 radical (unpaired) electrons. The predicted octanol–water partition coefficient (Wildman–Crippen LogP) is 4.03. The smallest absolute Gasteiger partial charge is 0.387 e. The van der Waals surface area contributed by atoms with E-state index in [0.717, 1.165) is 11.8 Å². The quantitative estimate of drug-likeness (QED) is 0.376. The third-order valence-electron chi connectivity index (χ3n) is 4.11. The molecule has 1 N–H and O–H groups in total. The fourth-order valence-electron chi connectivity index (χ4n) is 2.75. The van der Waals surface area contributed by atoms with E-state index in [1.54, 1.807) is 24.3 Å². The van der Waals surface area contributed by atoms with Gasteiger partial charge in [-0.2, -0.15) is 8.78 Å². The molecule has 7 nitrogen and oxygen atoms in total. The van der Waals surface area contributed by atoms with Gasteiger partial charge in [0.1, 0.15) is 5.75 Å². The monoisotopic (exact) mass is 469 g/mol. The molecule has 164 valence electrons. The highest BCUT2D eigenvalue weighted by molar-refractivity contribution is 7.99. The molecule has 0 unspecified atom stereocenters. The Kier molecular flexibility index (Phi) is 7.83. The van der Waals surface area contributed by atoms with E-state index < -0.39 is 12.5 Å². The Morgan fingerprint density at radius 1 is 1.29 bits per heavy atom. The summed E-state index contributed by atoms with van der Waals surface area (Å²) in [7, 11) is 1.51. The second-order valence-electron chi connectivity index (χ2n) is 6.22. The fourth-order valence-corrected chi connectivity index (χ4v) is 3.74. The van der Waals surface area contributed by atoms with Crippen molar-refractivity contribution in [2.24, 2.45) is 0 Å². The minimum atomic E-state index is -3.02. The summed E-state index contributed by atoms with van der Waals surface area (Å²) < 4.78 is 36.0. The van der Waals surface area contributed by atoms with E-state index in [1.165, 1.54) is 29.9 Å². The minimum Gasteiger partial charge on any atom is -0.433 e. The molecular weight excluding hydrogens is 452 g/mol. The zero-order chi connectivity index (χ0) is 22.4. The Morgan fingerprint density at radius 2 is 2.06 bits per heavy atom. The Bertz CT molecular complexity index is 1140. The second kappa shape index (κ2) is 10.6. The molecule has 0 aliphatic heterocycles. The molecule has 1 amide bonds. The largest absolute Gasteiger partial charge is 0.433 e. The number of benzene rings is 2. The summed E-state index contributed by atoms with van der Waals surface area (Å²) in [5.41, 5.74) is 0.241. The van der Waals surface area contributed by atoms with E-state index in [-0.39, 0.29) is 35.9 Å². The van der Waals surface area contributed by atoms with Gasteiger partial charge >= 0.3 is 6.61 Å². The van der Waals surface area contributed by atoms with Crippen LogP contribution in [0.5, 0.6) is 5.75 Å².